The van der Waals surface area contributed by atoms with Crippen molar-refractivity contribution in [2.24, 2.45) is 23.7 Å². The average molecular weight is 166 g/mol. The topological polar surface area (TPSA) is 43.4 Å². The molecule has 3 nitrogen and oxygen atoms in total. The lowest BCUT2D eigenvalue weighted by Gasteiger charge is -2.12. The van der Waals surface area contributed by atoms with Gasteiger partial charge in [-0.2, -0.15) is 0 Å². The fourth-order valence-electron chi connectivity index (χ4n) is 2.44. The number of cyclic esters (lactones) is 2. The highest BCUT2D eigenvalue weighted by Gasteiger charge is 2.57. The number of carbonyl (C=O) groups excluding carboxylic acids is 2. The number of fused-ring (bicyclic) bond motifs is 5. The van der Waals surface area contributed by atoms with Crippen LogP contribution in [0.4, 0.5) is 0 Å². The van der Waals surface area contributed by atoms with Crippen molar-refractivity contribution < 1.29 is 17.1 Å². The number of carbonyl (C=O) groups is 2. The lowest BCUT2D eigenvalue weighted by Crippen LogP contribution is -2.21. The van der Waals surface area contributed by atoms with E-state index in [9.17, 15) is 9.59 Å². The Morgan fingerprint density at radius 3 is 2.25 bits per heavy atom. The summed E-state index contributed by atoms with van der Waals surface area (Å²) in [5.41, 5.74) is 0. The van der Waals surface area contributed by atoms with E-state index in [4.69, 9.17) is 2.74 Å². The van der Waals surface area contributed by atoms with Gasteiger partial charge in [-0.1, -0.05) is 12.1 Å². The van der Waals surface area contributed by atoms with Gasteiger partial charge in [0.25, 0.3) is 0 Å². The van der Waals surface area contributed by atoms with Crippen molar-refractivity contribution in [1.29, 1.82) is 0 Å². The summed E-state index contributed by atoms with van der Waals surface area (Å²) in [5.74, 6) is -2.40. The van der Waals surface area contributed by atoms with Crippen LogP contribution in [0.3, 0.4) is 0 Å². The molecule has 62 valence electrons. The first-order valence-corrected chi connectivity index (χ1v) is 4.04. The van der Waals surface area contributed by atoms with Crippen LogP contribution in [0.2, 0.25) is 0 Å². The van der Waals surface area contributed by atoms with Gasteiger partial charge in [0.15, 0.2) is 0 Å². The lowest BCUT2D eigenvalue weighted by molar-refractivity contribution is -0.154. The number of hydrogen-bond acceptors (Lipinski definition) is 3. The molecule has 1 saturated heterocycles. The molecule has 1 heterocycles. The van der Waals surface area contributed by atoms with Crippen LogP contribution in [0.15, 0.2) is 12.1 Å². The maximum Gasteiger partial charge on any atom is 0.318 e. The zero-order chi connectivity index (χ0) is 10.0. The van der Waals surface area contributed by atoms with E-state index in [0.29, 0.717) is 6.42 Å². The molecule has 1 aliphatic heterocycles. The number of rotatable bonds is 0. The molecule has 0 aromatic rings. The van der Waals surface area contributed by atoms with Crippen LogP contribution in [0.1, 0.15) is 9.16 Å². The number of hydrogen-bond donors (Lipinski definition) is 0. The van der Waals surface area contributed by atoms with Crippen LogP contribution in [-0.2, 0) is 14.3 Å². The predicted octanol–water partition coefficient (Wildman–Crippen LogP) is 0.508. The van der Waals surface area contributed by atoms with Crippen LogP contribution < -0.4 is 0 Å². The number of esters is 2. The summed E-state index contributed by atoms with van der Waals surface area (Å²) in [6.07, 6.45) is 0.605. The molecule has 0 aromatic carbocycles. The minimum Gasteiger partial charge on any atom is -0.393 e. The van der Waals surface area contributed by atoms with Gasteiger partial charge in [-0.3, -0.25) is 9.59 Å². The summed E-state index contributed by atoms with van der Waals surface area (Å²) in [4.78, 5) is 22.6. The SMILES string of the molecule is [2H]C1=C([2H])[C@@H]2C[C@H]1[C@@H]1C(=O)OC(=O)[C@@H]12. The molecule has 12 heavy (non-hydrogen) atoms. The van der Waals surface area contributed by atoms with E-state index in [1.54, 1.807) is 0 Å². The molecule has 2 aliphatic carbocycles. The Hall–Kier alpha value is -1.12. The predicted molar refractivity (Wildman–Crippen MR) is 38.8 cm³/mol. The van der Waals surface area contributed by atoms with E-state index in [1.165, 1.54) is 0 Å². The molecular formula is C9H8O3. The standard InChI is InChI=1S/C9H8O3/c10-8-6-4-1-2-5(3-4)7(6)9(11)12-8/h1-2,4-7H,3H2/t4-,5+,6-,7+/i1D,2D. The van der Waals surface area contributed by atoms with Crippen molar-refractivity contribution in [2.45, 2.75) is 6.42 Å². The highest BCUT2D eigenvalue weighted by Crippen LogP contribution is 2.51. The molecule has 1 saturated carbocycles. The molecule has 0 N–H and O–H groups in total. The molecule has 3 rings (SSSR count). The smallest absolute Gasteiger partial charge is 0.318 e. The quantitative estimate of drug-likeness (QED) is 0.299. The van der Waals surface area contributed by atoms with Crippen molar-refractivity contribution in [3.8, 4) is 0 Å². The van der Waals surface area contributed by atoms with Gasteiger partial charge in [0.2, 0.25) is 0 Å². The Morgan fingerprint density at radius 1 is 1.25 bits per heavy atom. The number of allylic oxidation sites excluding steroid dienone is 2. The van der Waals surface area contributed by atoms with Crippen LogP contribution in [-0.4, -0.2) is 11.9 Å². The third kappa shape index (κ3) is 0.543. The summed E-state index contributed by atoms with van der Waals surface area (Å²) in [5, 5.41) is 0. The molecule has 4 atom stereocenters. The highest BCUT2D eigenvalue weighted by molar-refractivity contribution is 5.98. The Kier molecular flexibility index (Phi) is 0.714. The lowest BCUT2D eigenvalue weighted by atomic mass is 9.85. The van der Waals surface area contributed by atoms with E-state index in [-0.39, 0.29) is 23.9 Å². The molecule has 3 aliphatic rings. The fourth-order valence-corrected chi connectivity index (χ4v) is 2.44. The molecule has 0 radical (unpaired) electrons. The van der Waals surface area contributed by atoms with Crippen molar-refractivity contribution in [1.82, 2.24) is 0 Å². The second kappa shape index (κ2) is 1.79. The van der Waals surface area contributed by atoms with Crippen molar-refractivity contribution >= 4 is 11.9 Å². The van der Waals surface area contributed by atoms with Crippen LogP contribution in [0, 0.1) is 23.7 Å². The summed E-state index contributed by atoms with van der Waals surface area (Å²) < 4.78 is 19.7. The second-order valence-electron chi connectivity index (χ2n) is 3.53. The van der Waals surface area contributed by atoms with Gasteiger partial charge in [0.1, 0.15) is 0 Å². The summed E-state index contributed by atoms with van der Waals surface area (Å²) >= 11 is 0. The van der Waals surface area contributed by atoms with Crippen molar-refractivity contribution in [3.05, 3.63) is 12.1 Å². The maximum absolute atomic E-state index is 11.3. The van der Waals surface area contributed by atoms with Gasteiger partial charge in [-0.25, -0.2) is 0 Å². The van der Waals surface area contributed by atoms with Gasteiger partial charge in [-0.15, -0.1) is 0 Å². The molecule has 0 amide bonds. The van der Waals surface area contributed by atoms with Gasteiger partial charge in [0.05, 0.1) is 14.6 Å². The summed E-state index contributed by atoms with van der Waals surface area (Å²) in [6.45, 7) is 0. The van der Waals surface area contributed by atoms with Crippen LogP contribution in [0.5, 0.6) is 0 Å². The first-order chi connectivity index (χ1) is 6.61. The Morgan fingerprint density at radius 2 is 1.75 bits per heavy atom. The molecule has 2 bridgehead atoms. The van der Waals surface area contributed by atoms with Crippen molar-refractivity contribution in [2.75, 3.05) is 0 Å². The molecule has 0 aromatic heterocycles. The first-order valence-electron chi connectivity index (χ1n) is 5.04. The summed E-state index contributed by atoms with van der Waals surface area (Å²) in [7, 11) is 0. The van der Waals surface area contributed by atoms with Crippen LogP contribution >= 0.6 is 0 Å². The van der Waals surface area contributed by atoms with E-state index in [2.05, 4.69) is 4.74 Å². The summed E-state index contributed by atoms with van der Waals surface area (Å²) in [6, 6.07) is 0.450. The van der Waals surface area contributed by atoms with Crippen molar-refractivity contribution in [3.63, 3.8) is 0 Å². The highest BCUT2D eigenvalue weighted by atomic mass is 16.6. The third-order valence-electron chi connectivity index (χ3n) is 2.96. The molecular weight excluding hydrogens is 156 g/mol. The second-order valence-corrected chi connectivity index (χ2v) is 3.53. The van der Waals surface area contributed by atoms with E-state index < -0.39 is 23.8 Å². The first kappa shape index (κ1) is 4.80. The molecule has 3 heteroatoms. The maximum atomic E-state index is 11.3. The largest absolute Gasteiger partial charge is 0.393 e. The monoisotopic (exact) mass is 166 g/mol. The molecule has 0 unspecified atom stereocenters. The van der Waals surface area contributed by atoms with Gasteiger partial charge in [-0.05, 0) is 18.3 Å². The fraction of sp³-hybridized carbons (Fsp3) is 0.556. The van der Waals surface area contributed by atoms with Gasteiger partial charge in [0, 0.05) is 0 Å². The third-order valence-corrected chi connectivity index (χ3v) is 2.96. The Bertz CT molecular complexity index is 354. The van der Waals surface area contributed by atoms with E-state index in [1.807, 2.05) is 0 Å². The van der Waals surface area contributed by atoms with E-state index in [0.717, 1.165) is 0 Å². The zero-order valence-electron chi connectivity index (χ0n) is 8.24. The number of ether oxygens (including phenoxy) is 1. The minimum absolute atomic E-state index is 0.225. The molecule has 2 fully saturated rings. The van der Waals surface area contributed by atoms with Crippen LogP contribution in [0.25, 0.3) is 0 Å². The Labute approximate surface area is 72.2 Å². The van der Waals surface area contributed by atoms with E-state index >= 15 is 0 Å². The Balaban J connectivity index is 2.10. The van der Waals surface area contributed by atoms with Gasteiger partial charge < -0.3 is 4.74 Å². The normalized spacial score (nSPS) is 52.3. The van der Waals surface area contributed by atoms with Gasteiger partial charge >= 0.3 is 11.9 Å². The molecule has 0 spiro atoms. The average Bonchev–Trinajstić information content (AvgIpc) is 2.71. The zero-order valence-corrected chi connectivity index (χ0v) is 6.24. The minimum atomic E-state index is -0.496.